The smallest absolute Gasteiger partial charge is 0.202 e. The topological polar surface area (TPSA) is 32.6 Å². The molecule has 0 fully saturated rings. The third kappa shape index (κ3) is 2.24. The molecule has 0 saturated carbocycles. The zero-order valence-electron chi connectivity index (χ0n) is 9.39. The van der Waals surface area contributed by atoms with Crippen molar-refractivity contribution in [2.45, 2.75) is 31.0 Å². The molecule has 1 aliphatic rings. The maximum absolute atomic E-state index is 8.85. The predicted octanol–water partition coefficient (Wildman–Crippen LogP) is 4.49. The van der Waals surface area contributed by atoms with Gasteiger partial charge in [0.25, 0.3) is 0 Å². The van der Waals surface area contributed by atoms with Crippen LogP contribution in [0.1, 0.15) is 27.2 Å². The molecule has 2 nitrogen and oxygen atoms in total. The SMILES string of the molecule is CCC1=C/C(=N\O)C(C)=C[C@@]1(C)C(Cl)(Cl)Cl. The van der Waals surface area contributed by atoms with E-state index < -0.39 is 9.21 Å². The predicted molar refractivity (Wildman–Crippen MR) is 69.7 cm³/mol. The molecule has 0 radical (unpaired) electrons. The summed E-state index contributed by atoms with van der Waals surface area (Å²) in [6, 6.07) is 0. The standard InChI is InChI=1S/C11H14Cl3NO/c1-4-8-5-9(15-16)7(2)6-10(8,3)11(12,13)14/h5-6,16H,4H2,1-3H3/b15-9+/t10-/m1/s1. The van der Waals surface area contributed by atoms with Gasteiger partial charge in [0.1, 0.15) is 5.71 Å². The lowest BCUT2D eigenvalue weighted by atomic mass is 9.76. The van der Waals surface area contributed by atoms with Gasteiger partial charge in [-0.25, -0.2) is 0 Å². The molecule has 0 aromatic heterocycles. The normalized spacial score (nSPS) is 29.0. The number of halogens is 3. The molecule has 0 spiro atoms. The zero-order chi connectivity index (χ0) is 12.6. The van der Waals surface area contributed by atoms with E-state index in [4.69, 9.17) is 40.0 Å². The Morgan fingerprint density at radius 2 is 2.00 bits per heavy atom. The van der Waals surface area contributed by atoms with Crippen molar-refractivity contribution >= 4 is 40.5 Å². The third-order valence-electron chi connectivity index (χ3n) is 2.96. The van der Waals surface area contributed by atoms with Gasteiger partial charge in [-0.1, -0.05) is 58.5 Å². The minimum absolute atomic E-state index is 0.517. The fraction of sp³-hybridized carbons (Fsp3) is 0.545. The molecule has 90 valence electrons. The second kappa shape index (κ2) is 4.59. The van der Waals surface area contributed by atoms with E-state index in [2.05, 4.69) is 5.16 Å². The molecule has 1 N–H and O–H groups in total. The fourth-order valence-electron chi connectivity index (χ4n) is 1.87. The molecule has 0 aromatic carbocycles. The van der Waals surface area contributed by atoms with Gasteiger partial charge in [0.15, 0.2) is 0 Å². The highest BCUT2D eigenvalue weighted by Gasteiger charge is 2.46. The highest BCUT2D eigenvalue weighted by Crippen LogP contribution is 2.53. The first-order valence-electron chi connectivity index (χ1n) is 4.96. The van der Waals surface area contributed by atoms with E-state index in [1.165, 1.54) is 0 Å². The van der Waals surface area contributed by atoms with Crippen molar-refractivity contribution < 1.29 is 5.21 Å². The molecule has 0 heterocycles. The van der Waals surface area contributed by atoms with Crippen LogP contribution in [0.25, 0.3) is 0 Å². The summed E-state index contributed by atoms with van der Waals surface area (Å²) < 4.78 is -1.42. The third-order valence-corrected chi connectivity index (χ3v) is 4.14. The number of oxime groups is 1. The number of nitrogens with zero attached hydrogens (tertiary/aromatic N) is 1. The van der Waals surface area contributed by atoms with Gasteiger partial charge in [-0.2, -0.15) is 0 Å². The number of hydrogen-bond acceptors (Lipinski definition) is 2. The van der Waals surface area contributed by atoms with E-state index in [0.29, 0.717) is 5.71 Å². The number of alkyl halides is 3. The number of hydrogen-bond donors (Lipinski definition) is 1. The first kappa shape index (κ1) is 13.9. The van der Waals surface area contributed by atoms with E-state index in [0.717, 1.165) is 17.6 Å². The molecule has 0 amide bonds. The number of rotatable bonds is 1. The average molecular weight is 283 g/mol. The summed E-state index contributed by atoms with van der Waals surface area (Å²) in [7, 11) is 0. The van der Waals surface area contributed by atoms with Gasteiger partial charge in [-0.3, -0.25) is 0 Å². The summed E-state index contributed by atoms with van der Waals surface area (Å²) in [5.74, 6) is 0. The molecular weight excluding hydrogens is 268 g/mol. The lowest BCUT2D eigenvalue weighted by Gasteiger charge is -2.38. The monoisotopic (exact) mass is 281 g/mol. The Hall–Kier alpha value is -0.180. The lowest BCUT2D eigenvalue weighted by molar-refractivity contribution is 0.319. The summed E-state index contributed by atoms with van der Waals surface area (Å²) in [6.07, 6.45) is 4.35. The minimum atomic E-state index is -1.42. The Morgan fingerprint density at radius 1 is 1.44 bits per heavy atom. The van der Waals surface area contributed by atoms with Gasteiger partial charge >= 0.3 is 0 Å². The molecule has 0 aliphatic heterocycles. The van der Waals surface area contributed by atoms with Crippen LogP contribution in [0.4, 0.5) is 0 Å². The Labute approximate surface area is 111 Å². The van der Waals surface area contributed by atoms with Crippen LogP contribution in [-0.2, 0) is 0 Å². The summed E-state index contributed by atoms with van der Waals surface area (Å²) >= 11 is 18.1. The Kier molecular flexibility index (Phi) is 3.99. The van der Waals surface area contributed by atoms with Crippen LogP contribution in [-0.4, -0.2) is 14.7 Å². The van der Waals surface area contributed by atoms with Crippen LogP contribution < -0.4 is 0 Å². The molecule has 0 aromatic rings. The van der Waals surface area contributed by atoms with Gasteiger partial charge < -0.3 is 5.21 Å². The number of allylic oxidation sites excluding steroid dienone is 4. The Morgan fingerprint density at radius 3 is 2.38 bits per heavy atom. The second-order valence-electron chi connectivity index (χ2n) is 4.04. The Balaban J connectivity index is 3.33. The van der Waals surface area contributed by atoms with Crippen LogP contribution in [0.2, 0.25) is 0 Å². The summed E-state index contributed by atoms with van der Waals surface area (Å²) in [4.78, 5) is 0. The van der Waals surface area contributed by atoms with Crippen molar-refractivity contribution in [1.29, 1.82) is 0 Å². The molecule has 16 heavy (non-hydrogen) atoms. The largest absolute Gasteiger partial charge is 0.410 e. The molecule has 5 heteroatoms. The molecule has 0 saturated heterocycles. The first-order valence-corrected chi connectivity index (χ1v) is 6.09. The van der Waals surface area contributed by atoms with Gasteiger partial charge in [0.05, 0.1) is 5.41 Å². The summed E-state index contributed by atoms with van der Waals surface area (Å²) in [5.41, 5.74) is 1.59. The van der Waals surface area contributed by atoms with E-state index in [-0.39, 0.29) is 0 Å². The van der Waals surface area contributed by atoms with Gasteiger partial charge in [0.2, 0.25) is 3.79 Å². The molecule has 1 aliphatic carbocycles. The molecule has 0 unspecified atom stereocenters. The van der Waals surface area contributed by atoms with Crippen molar-refractivity contribution in [1.82, 2.24) is 0 Å². The van der Waals surface area contributed by atoms with Crippen molar-refractivity contribution in [3.05, 3.63) is 23.3 Å². The summed E-state index contributed by atoms with van der Waals surface area (Å²) in [6.45, 7) is 5.67. The van der Waals surface area contributed by atoms with E-state index in [9.17, 15) is 0 Å². The minimum Gasteiger partial charge on any atom is -0.410 e. The van der Waals surface area contributed by atoms with Gasteiger partial charge in [-0.15, -0.1) is 0 Å². The van der Waals surface area contributed by atoms with E-state index in [1.54, 1.807) is 6.08 Å². The zero-order valence-corrected chi connectivity index (χ0v) is 11.7. The van der Waals surface area contributed by atoms with Crippen molar-refractivity contribution in [3.63, 3.8) is 0 Å². The Bertz CT molecular complexity index is 379. The van der Waals surface area contributed by atoms with Crippen LogP contribution in [0, 0.1) is 5.41 Å². The highest BCUT2D eigenvalue weighted by atomic mass is 35.6. The van der Waals surface area contributed by atoms with Crippen LogP contribution in [0.15, 0.2) is 28.5 Å². The van der Waals surface area contributed by atoms with Crippen molar-refractivity contribution in [3.8, 4) is 0 Å². The maximum Gasteiger partial charge on any atom is 0.202 e. The molecule has 0 bridgehead atoms. The fourth-order valence-corrected chi connectivity index (χ4v) is 2.40. The maximum atomic E-state index is 8.85. The van der Waals surface area contributed by atoms with Crippen LogP contribution in [0.3, 0.4) is 0 Å². The molecule has 1 atom stereocenters. The molecular formula is C11H14Cl3NO. The van der Waals surface area contributed by atoms with Crippen LogP contribution in [0.5, 0.6) is 0 Å². The first-order chi connectivity index (χ1) is 7.26. The molecule has 1 rings (SSSR count). The van der Waals surface area contributed by atoms with Crippen LogP contribution >= 0.6 is 34.8 Å². The highest BCUT2D eigenvalue weighted by molar-refractivity contribution is 6.68. The van der Waals surface area contributed by atoms with Gasteiger partial charge in [0, 0.05) is 0 Å². The van der Waals surface area contributed by atoms with Crippen molar-refractivity contribution in [2.24, 2.45) is 10.6 Å². The van der Waals surface area contributed by atoms with E-state index in [1.807, 2.05) is 26.8 Å². The average Bonchev–Trinajstić information content (AvgIpc) is 2.16. The van der Waals surface area contributed by atoms with Crippen molar-refractivity contribution in [2.75, 3.05) is 0 Å². The lowest BCUT2D eigenvalue weighted by Crippen LogP contribution is -2.35. The summed E-state index contributed by atoms with van der Waals surface area (Å²) in [5, 5.41) is 12.1. The van der Waals surface area contributed by atoms with Gasteiger partial charge in [-0.05, 0) is 31.9 Å². The van der Waals surface area contributed by atoms with E-state index >= 15 is 0 Å². The second-order valence-corrected chi connectivity index (χ2v) is 6.32. The quantitative estimate of drug-likeness (QED) is 0.429.